The third-order valence-electron chi connectivity index (χ3n) is 8.08. The van der Waals surface area contributed by atoms with Gasteiger partial charge in [0.15, 0.2) is 0 Å². The molecule has 0 aliphatic carbocycles. The molecule has 0 bridgehead atoms. The fourth-order valence-electron chi connectivity index (χ4n) is 5.43. The van der Waals surface area contributed by atoms with Crippen molar-refractivity contribution in [2.24, 2.45) is 5.73 Å². The second-order valence-corrected chi connectivity index (χ2v) is 14.2. The Morgan fingerprint density at radius 2 is 1.40 bits per heavy atom. The molecule has 1 aromatic carbocycles. The van der Waals surface area contributed by atoms with Crippen LogP contribution in [0.5, 0.6) is 0 Å². The number of benzene rings is 1. The van der Waals surface area contributed by atoms with Crippen LogP contribution in [0.2, 0.25) is 0 Å². The fourth-order valence-corrected chi connectivity index (χ4v) is 5.43. The SMILES string of the molecule is CC(=N)NCCC[C@@H]1NC(=O)[C@H](CCCCNC(=O)CCOCCN)NC(=O)[C@@H](Cc2ccccc2)NC(=O)[C@H](CC(=O)OC(C)(C)C)NC(=O)CNC1=O. The first kappa shape index (κ1) is 46.1. The topological polar surface area (TPSA) is 272 Å². The number of nitrogens with two attached hydrogens (primary N) is 1. The number of esters is 1. The number of carbonyl (C=O) groups is 7. The van der Waals surface area contributed by atoms with Crippen LogP contribution in [0.3, 0.4) is 0 Å². The molecule has 0 aromatic heterocycles. The van der Waals surface area contributed by atoms with Gasteiger partial charge in [0, 0.05) is 32.5 Å². The summed E-state index contributed by atoms with van der Waals surface area (Å²) in [5.74, 6) is -4.49. The number of unbranched alkanes of at least 4 members (excludes halogenated alkanes) is 1. The van der Waals surface area contributed by atoms with Crippen LogP contribution in [0.4, 0.5) is 0 Å². The van der Waals surface area contributed by atoms with E-state index in [0.717, 1.165) is 0 Å². The monoisotopic (exact) mass is 773 g/mol. The van der Waals surface area contributed by atoms with Gasteiger partial charge in [0.1, 0.15) is 29.8 Å². The third kappa shape index (κ3) is 19.7. The van der Waals surface area contributed by atoms with Gasteiger partial charge in [-0.05, 0) is 65.4 Å². The maximum atomic E-state index is 14.0. The molecule has 55 heavy (non-hydrogen) atoms. The Morgan fingerprint density at radius 1 is 0.800 bits per heavy atom. The predicted molar refractivity (Wildman–Crippen MR) is 203 cm³/mol. The molecule has 18 nitrogen and oxygen atoms in total. The molecule has 2 rings (SSSR count). The molecular formula is C37H59N9O9. The van der Waals surface area contributed by atoms with E-state index in [1.54, 1.807) is 58.0 Å². The van der Waals surface area contributed by atoms with E-state index >= 15 is 0 Å². The molecular weight excluding hydrogens is 714 g/mol. The number of ether oxygens (including phenoxy) is 2. The van der Waals surface area contributed by atoms with Gasteiger partial charge in [-0.15, -0.1) is 0 Å². The summed E-state index contributed by atoms with van der Waals surface area (Å²) in [6.07, 6.45) is 1.04. The van der Waals surface area contributed by atoms with Gasteiger partial charge in [-0.3, -0.25) is 39.0 Å². The van der Waals surface area contributed by atoms with Crippen LogP contribution in [-0.4, -0.2) is 116 Å². The summed E-state index contributed by atoms with van der Waals surface area (Å²) in [5.41, 5.74) is 5.19. The van der Waals surface area contributed by atoms with E-state index in [1.165, 1.54) is 0 Å². The van der Waals surface area contributed by atoms with E-state index in [4.69, 9.17) is 20.6 Å². The number of rotatable bonds is 18. The molecule has 0 spiro atoms. The number of amides is 6. The Labute approximate surface area is 322 Å². The Hall–Kier alpha value is -5.10. The summed E-state index contributed by atoms with van der Waals surface area (Å²) in [4.78, 5) is 93.1. The minimum atomic E-state index is -1.47. The van der Waals surface area contributed by atoms with E-state index < -0.39 is 78.2 Å². The Balaban J connectivity index is 2.39. The Morgan fingerprint density at radius 3 is 2.05 bits per heavy atom. The van der Waals surface area contributed by atoms with Crippen molar-refractivity contribution >= 4 is 47.2 Å². The van der Waals surface area contributed by atoms with Gasteiger partial charge in [0.2, 0.25) is 35.4 Å². The van der Waals surface area contributed by atoms with Crippen LogP contribution in [-0.2, 0) is 49.5 Å². The lowest BCUT2D eigenvalue weighted by atomic mass is 10.0. The molecule has 0 unspecified atom stereocenters. The summed E-state index contributed by atoms with van der Waals surface area (Å²) >= 11 is 0. The molecule has 1 aliphatic rings. The zero-order chi connectivity index (χ0) is 40.8. The summed E-state index contributed by atoms with van der Waals surface area (Å²) in [5, 5.41) is 26.3. The highest BCUT2D eigenvalue weighted by Gasteiger charge is 2.34. The van der Waals surface area contributed by atoms with Crippen molar-refractivity contribution in [2.75, 3.05) is 39.4 Å². The number of carbonyl (C=O) groups excluding carboxylic acids is 7. The van der Waals surface area contributed by atoms with Crippen molar-refractivity contribution < 1.29 is 43.0 Å². The first-order valence-electron chi connectivity index (χ1n) is 18.7. The molecule has 1 aromatic rings. The van der Waals surface area contributed by atoms with Crippen molar-refractivity contribution in [1.29, 1.82) is 5.41 Å². The van der Waals surface area contributed by atoms with Crippen molar-refractivity contribution in [2.45, 2.75) is 109 Å². The minimum absolute atomic E-state index is 0.00296. The summed E-state index contributed by atoms with van der Waals surface area (Å²) in [6.45, 7) is 7.50. The van der Waals surface area contributed by atoms with E-state index in [1.807, 2.05) is 0 Å². The molecule has 18 heteroatoms. The average Bonchev–Trinajstić information content (AvgIpc) is 3.11. The largest absolute Gasteiger partial charge is 0.460 e. The van der Waals surface area contributed by atoms with Crippen LogP contribution < -0.4 is 43.0 Å². The molecule has 10 N–H and O–H groups in total. The van der Waals surface area contributed by atoms with Crippen LogP contribution in [0.15, 0.2) is 30.3 Å². The molecule has 0 radical (unpaired) electrons. The van der Waals surface area contributed by atoms with Gasteiger partial charge in [-0.2, -0.15) is 0 Å². The summed E-state index contributed by atoms with van der Waals surface area (Å²) in [7, 11) is 0. The van der Waals surface area contributed by atoms with Crippen molar-refractivity contribution in [3.05, 3.63) is 35.9 Å². The maximum absolute atomic E-state index is 14.0. The standard InChI is InChI=1S/C37H59N9O9/c1-24(39)40-18-10-14-26-33(50)42-23-31(48)43-29(22-32(49)55-37(2,3)4)36(53)46-28(21-25-11-6-5-7-12-25)35(52)45-27(34(51)44-26)13-8-9-17-41-30(47)15-19-54-20-16-38/h5-7,11-12,26-29H,8-10,13-23,38H2,1-4H3,(H2,39,40)(H,41,47)(H,42,50)(H,43,48)(H,44,51)(H,45,52)(H,46,53)/t26-,27-,28+,29-/m0/s1. The lowest BCUT2D eigenvalue weighted by Crippen LogP contribution is -2.58. The zero-order valence-corrected chi connectivity index (χ0v) is 32.3. The van der Waals surface area contributed by atoms with E-state index in [-0.39, 0.29) is 44.0 Å². The smallest absolute Gasteiger partial charge is 0.308 e. The van der Waals surface area contributed by atoms with Crippen molar-refractivity contribution in [1.82, 2.24) is 37.2 Å². The van der Waals surface area contributed by atoms with Crippen LogP contribution >= 0.6 is 0 Å². The van der Waals surface area contributed by atoms with Crippen LogP contribution in [0.25, 0.3) is 0 Å². The average molecular weight is 774 g/mol. The number of nitrogens with one attached hydrogen (secondary N) is 8. The highest BCUT2D eigenvalue weighted by molar-refractivity contribution is 5.98. The van der Waals surface area contributed by atoms with Gasteiger partial charge in [-0.1, -0.05) is 30.3 Å². The molecule has 1 aliphatic heterocycles. The highest BCUT2D eigenvalue weighted by atomic mass is 16.6. The van der Waals surface area contributed by atoms with Gasteiger partial charge in [-0.25, -0.2) is 0 Å². The second kappa shape index (κ2) is 24.3. The summed E-state index contributed by atoms with van der Waals surface area (Å²) in [6, 6.07) is 3.82. The molecule has 1 heterocycles. The Bertz CT molecular complexity index is 1450. The third-order valence-corrected chi connectivity index (χ3v) is 8.08. The van der Waals surface area contributed by atoms with E-state index in [0.29, 0.717) is 51.1 Å². The first-order valence-corrected chi connectivity index (χ1v) is 18.7. The van der Waals surface area contributed by atoms with Crippen LogP contribution in [0.1, 0.15) is 78.2 Å². The van der Waals surface area contributed by atoms with Gasteiger partial charge < -0.3 is 52.4 Å². The number of hydrogen-bond donors (Lipinski definition) is 9. The number of amidine groups is 1. The molecule has 1 saturated heterocycles. The van der Waals surface area contributed by atoms with Crippen molar-refractivity contribution in [3.63, 3.8) is 0 Å². The van der Waals surface area contributed by atoms with Gasteiger partial charge in [0.25, 0.3) is 0 Å². The molecule has 306 valence electrons. The highest BCUT2D eigenvalue weighted by Crippen LogP contribution is 2.12. The molecule has 4 atom stereocenters. The zero-order valence-electron chi connectivity index (χ0n) is 32.3. The second-order valence-electron chi connectivity index (χ2n) is 14.2. The number of hydrogen-bond acceptors (Lipinski definition) is 11. The summed E-state index contributed by atoms with van der Waals surface area (Å²) < 4.78 is 10.6. The first-order chi connectivity index (χ1) is 26.1. The molecule has 0 saturated carbocycles. The molecule has 6 amide bonds. The maximum Gasteiger partial charge on any atom is 0.308 e. The molecule has 1 fully saturated rings. The van der Waals surface area contributed by atoms with Crippen LogP contribution in [0, 0.1) is 5.41 Å². The quantitative estimate of drug-likeness (QED) is 0.0380. The predicted octanol–water partition coefficient (Wildman–Crippen LogP) is -0.951. The Kier molecular flexibility index (Phi) is 20.4. The van der Waals surface area contributed by atoms with Crippen molar-refractivity contribution in [3.8, 4) is 0 Å². The van der Waals surface area contributed by atoms with Gasteiger partial charge >= 0.3 is 5.97 Å². The van der Waals surface area contributed by atoms with Gasteiger partial charge in [0.05, 0.1) is 32.0 Å². The van der Waals surface area contributed by atoms with E-state index in [9.17, 15) is 33.6 Å². The lowest BCUT2D eigenvalue weighted by molar-refractivity contribution is -0.156. The normalized spacial score (nSPS) is 20.0. The minimum Gasteiger partial charge on any atom is -0.460 e. The fraction of sp³-hybridized carbons (Fsp3) is 0.622. The lowest BCUT2D eigenvalue weighted by Gasteiger charge is -2.26. The van der Waals surface area contributed by atoms with E-state index in [2.05, 4.69) is 37.2 Å².